The Hall–Kier alpha value is -5.53. The normalized spacial score (nSPS) is 30.1. The molecule has 4 aliphatic heterocycles. The summed E-state index contributed by atoms with van der Waals surface area (Å²) in [5.74, 6) is -15.1. The molecule has 4 aromatic carbocycles. The van der Waals surface area contributed by atoms with Gasteiger partial charge in [0.05, 0.1) is 18.8 Å². The summed E-state index contributed by atoms with van der Waals surface area (Å²) in [5, 5.41) is 83.4. The SMILES string of the molecule is O=C1OC2(c3ccc(O[C@@H]4OC(CO)[C@H](O)[C@@H](O)C4O)cc3Oc3cc(O[C@@H]4OC(CO)[C@H](O)[C@@H](O)C4O)ccc32)c2ccc(NC(=O)c3c(F)c(F)c(F)c(F)c3F)cc21. The van der Waals surface area contributed by atoms with Crippen molar-refractivity contribution >= 4 is 17.6 Å². The molecule has 9 N–H and O–H groups in total. The smallest absolute Gasteiger partial charge is 0.340 e. The van der Waals surface area contributed by atoms with E-state index >= 15 is 0 Å². The second-order valence-corrected chi connectivity index (χ2v) is 14.3. The van der Waals surface area contributed by atoms with Gasteiger partial charge in [-0.1, -0.05) is 6.07 Å². The van der Waals surface area contributed by atoms with Crippen molar-refractivity contribution in [1.82, 2.24) is 0 Å². The summed E-state index contributed by atoms with van der Waals surface area (Å²) in [6.07, 6.45) is -16.5. The molecule has 61 heavy (non-hydrogen) atoms. The fourth-order valence-corrected chi connectivity index (χ4v) is 7.51. The van der Waals surface area contributed by atoms with Crippen LogP contribution >= 0.6 is 0 Å². The van der Waals surface area contributed by atoms with Crippen LogP contribution in [0.3, 0.4) is 0 Å². The topological polar surface area (TPSA) is 263 Å². The van der Waals surface area contributed by atoms with E-state index in [0.29, 0.717) is 0 Å². The third kappa shape index (κ3) is 6.80. The minimum Gasteiger partial charge on any atom is -0.462 e. The zero-order valence-electron chi connectivity index (χ0n) is 30.6. The Bertz CT molecular complexity index is 2300. The summed E-state index contributed by atoms with van der Waals surface area (Å²) in [7, 11) is 0. The van der Waals surface area contributed by atoms with Crippen molar-refractivity contribution in [3.63, 3.8) is 0 Å². The van der Waals surface area contributed by atoms with Crippen molar-refractivity contribution in [2.45, 2.75) is 67.0 Å². The van der Waals surface area contributed by atoms with E-state index in [2.05, 4.69) is 0 Å². The Balaban J connectivity index is 1.18. The van der Waals surface area contributed by atoms with Gasteiger partial charge in [0.25, 0.3) is 5.91 Å². The van der Waals surface area contributed by atoms with E-state index in [-0.39, 0.29) is 50.9 Å². The summed E-state index contributed by atoms with van der Waals surface area (Å²) in [4.78, 5) is 26.6. The van der Waals surface area contributed by atoms with Crippen LogP contribution in [0, 0.1) is 29.1 Å². The number of hydrogen-bond donors (Lipinski definition) is 9. The van der Waals surface area contributed by atoms with Crippen molar-refractivity contribution in [2.75, 3.05) is 18.5 Å². The summed E-state index contributed by atoms with van der Waals surface area (Å²) in [6, 6.07) is 11.4. The molecule has 4 unspecified atom stereocenters. The van der Waals surface area contributed by atoms with Gasteiger partial charge in [0, 0.05) is 34.5 Å². The second kappa shape index (κ2) is 15.7. The average molecular weight is 866 g/mol. The van der Waals surface area contributed by atoms with Crippen molar-refractivity contribution in [3.05, 3.63) is 112 Å². The fraction of sp³-hybridized carbons (Fsp3) is 0.333. The molecule has 2 fully saturated rings. The number of amides is 1. The van der Waals surface area contributed by atoms with Crippen molar-refractivity contribution < 1.29 is 101 Å². The highest BCUT2D eigenvalue weighted by molar-refractivity contribution is 6.06. The molecule has 4 aliphatic rings. The number of ether oxygens (including phenoxy) is 6. The molecule has 4 heterocycles. The first-order chi connectivity index (χ1) is 29.0. The van der Waals surface area contributed by atoms with E-state index in [4.69, 9.17) is 28.4 Å². The Morgan fingerprint density at radius 3 is 1.56 bits per heavy atom. The molecule has 10 atom stereocenters. The molecule has 0 bridgehead atoms. The van der Waals surface area contributed by atoms with Crippen molar-refractivity contribution in [1.29, 1.82) is 0 Å². The molecule has 17 nitrogen and oxygen atoms in total. The van der Waals surface area contributed by atoms with Gasteiger partial charge in [-0.05, 0) is 36.4 Å². The molecule has 1 spiro atoms. The molecule has 22 heteroatoms. The first kappa shape index (κ1) is 42.2. The van der Waals surface area contributed by atoms with E-state index in [9.17, 15) is 72.4 Å². The lowest BCUT2D eigenvalue weighted by Gasteiger charge is -2.40. The van der Waals surface area contributed by atoms with Gasteiger partial charge in [0.1, 0.15) is 77.4 Å². The zero-order chi connectivity index (χ0) is 43.8. The van der Waals surface area contributed by atoms with Gasteiger partial charge in [-0.25, -0.2) is 26.7 Å². The standard InChI is InChI=1S/C39H32F5NO16/c40-24-23(25(41)27(43)28(44)26(24)42)35(54)45-12-1-4-16-15(7-12)36(55)61-39(16)17-5-2-13(56-37-33(52)31(50)29(48)21(10-46)59-37)8-19(17)58-20-9-14(3-6-18(20)39)57-38-34(53)32(51)30(49)22(11-47)60-38/h1-9,21-22,29-34,37-38,46-53H,10-11H2,(H,45,54)/t21?,22?,29-,30-,31+,32+,33?,34?,37+,38+,39?/m0/s1. The maximum Gasteiger partial charge on any atom is 0.340 e. The fourth-order valence-electron chi connectivity index (χ4n) is 7.51. The minimum atomic E-state index is -2.48. The third-order valence-electron chi connectivity index (χ3n) is 10.6. The molecule has 0 aliphatic carbocycles. The Morgan fingerprint density at radius 2 is 1.08 bits per heavy atom. The molecular weight excluding hydrogens is 833 g/mol. The largest absolute Gasteiger partial charge is 0.462 e. The van der Waals surface area contributed by atoms with Crippen LogP contribution in [0.15, 0.2) is 54.6 Å². The van der Waals surface area contributed by atoms with Gasteiger partial charge >= 0.3 is 5.97 Å². The quantitative estimate of drug-likeness (QED) is 0.0507. The van der Waals surface area contributed by atoms with Crippen LogP contribution in [0.2, 0.25) is 0 Å². The number of aliphatic hydroxyl groups excluding tert-OH is 8. The number of benzene rings is 4. The molecule has 4 aromatic rings. The third-order valence-corrected chi connectivity index (χ3v) is 10.6. The predicted molar refractivity (Wildman–Crippen MR) is 188 cm³/mol. The number of carbonyl (C=O) groups is 2. The monoisotopic (exact) mass is 865 g/mol. The van der Waals surface area contributed by atoms with E-state index in [1.54, 1.807) is 0 Å². The van der Waals surface area contributed by atoms with Crippen LogP contribution in [0.25, 0.3) is 0 Å². The lowest BCUT2D eigenvalue weighted by atomic mass is 9.77. The number of esters is 1. The van der Waals surface area contributed by atoms with Gasteiger partial charge in [0.2, 0.25) is 18.4 Å². The lowest BCUT2D eigenvalue weighted by Crippen LogP contribution is -2.60. The number of hydrogen-bond acceptors (Lipinski definition) is 16. The molecule has 8 rings (SSSR count). The maximum atomic E-state index is 14.5. The molecule has 0 saturated carbocycles. The number of aliphatic hydroxyl groups is 8. The molecule has 0 radical (unpaired) electrons. The van der Waals surface area contributed by atoms with Crippen LogP contribution in [0.5, 0.6) is 23.0 Å². The number of rotatable bonds is 8. The highest BCUT2D eigenvalue weighted by atomic mass is 19.2. The van der Waals surface area contributed by atoms with Gasteiger partial charge in [0.15, 0.2) is 28.9 Å². The average Bonchev–Trinajstić information content (AvgIpc) is 3.53. The number of anilines is 1. The van der Waals surface area contributed by atoms with Gasteiger partial charge in [-0.3, -0.25) is 4.79 Å². The van der Waals surface area contributed by atoms with Gasteiger partial charge in [-0.15, -0.1) is 0 Å². The lowest BCUT2D eigenvalue weighted by molar-refractivity contribution is -0.277. The molecular formula is C39H32F5NO16. The Labute approximate surface area is 338 Å². The number of fused-ring (bicyclic) bond motifs is 6. The Morgan fingerprint density at radius 1 is 0.623 bits per heavy atom. The van der Waals surface area contributed by atoms with E-state index < -0.39 is 127 Å². The predicted octanol–water partition coefficient (Wildman–Crippen LogP) is 0.560. The van der Waals surface area contributed by atoms with E-state index in [1.807, 2.05) is 5.32 Å². The number of carbonyl (C=O) groups excluding carboxylic acids is 2. The van der Waals surface area contributed by atoms with E-state index in [1.165, 1.54) is 42.5 Å². The molecule has 2 saturated heterocycles. The number of nitrogens with one attached hydrogen (secondary N) is 1. The van der Waals surface area contributed by atoms with Crippen molar-refractivity contribution in [3.8, 4) is 23.0 Å². The summed E-state index contributed by atoms with van der Waals surface area (Å²) >= 11 is 0. The van der Waals surface area contributed by atoms with Crippen LogP contribution in [-0.2, 0) is 19.8 Å². The number of halogens is 5. The zero-order valence-corrected chi connectivity index (χ0v) is 30.6. The van der Waals surface area contributed by atoms with E-state index in [0.717, 1.165) is 12.1 Å². The van der Waals surface area contributed by atoms with Gasteiger partial charge < -0.3 is 74.6 Å². The molecule has 1 amide bonds. The summed E-state index contributed by atoms with van der Waals surface area (Å²) in [5.41, 5.74) is -3.99. The second-order valence-electron chi connectivity index (χ2n) is 14.3. The van der Waals surface area contributed by atoms with Crippen LogP contribution in [0.4, 0.5) is 27.6 Å². The minimum absolute atomic E-state index is 0.0720. The first-order valence-electron chi connectivity index (χ1n) is 18.1. The molecule has 0 aromatic heterocycles. The summed E-state index contributed by atoms with van der Waals surface area (Å²) < 4.78 is 105. The van der Waals surface area contributed by atoms with Crippen LogP contribution < -0.4 is 19.5 Å². The van der Waals surface area contributed by atoms with Gasteiger partial charge in [-0.2, -0.15) is 0 Å². The first-order valence-corrected chi connectivity index (χ1v) is 18.1. The van der Waals surface area contributed by atoms with Crippen molar-refractivity contribution in [2.24, 2.45) is 0 Å². The van der Waals surface area contributed by atoms with Crippen LogP contribution in [0.1, 0.15) is 37.4 Å². The molecule has 324 valence electrons. The Kier molecular flexibility index (Phi) is 10.9. The highest BCUT2D eigenvalue weighted by Crippen LogP contribution is 2.57. The highest BCUT2D eigenvalue weighted by Gasteiger charge is 2.54. The maximum absolute atomic E-state index is 14.5. The van der Waals surface area contributed by atoms with Crippen LogP contribution in [-0.4, -0.2) is 127 Å². The summed E-state index contributed by atoms with van der Waals surface area (Å²) in [6.45, 7) is -1.50.